The molecule has 1 fully saturated rings. The first-order chi connectivity index (χ1) is 15.2. The van der Waals surface area contributed by atoms with E-state index in [1.165, 1.54) is 16.4 Å². The Hall–Kier alpha value is -2.59. The van der Waals surface area contributed by atoms with Crippen molar-refractivity contribution in [1.29, 1.82) is 0 Å². The Kier molecular flexibility index (Phi) is 6.43. The number of pyridine rings is 1. The summed E-state index contributed by atoms with van der Waals surface area (Å²) in [5, 5.41) is 3.55. The predicted molar refractivity (Wildman–Crippen MR) is 122 cm³/mol. The van der Waals surface area contributed by atoms with E-state index in [0.29, 0.717) is 24.3 Å². The number of para-hydroxylation sites is 1. The number of hydrogen-bond acceptors (Lipinski definition) is 5. The summed E-state index contributed by atoms with van der Waals surface area (Å²) in [4.78, 5) is 18.7. The molecule has 10 heteroatoms. The van der Waals surface area contributed by atoms with E-state index < -0.39 is 15.8 Å². The van der Waals surface area contributed by atoms with Crippen LogP contribution in [-0.2, 0) is 14.8 Å². The van der Waals surface area contributed by atoms with Crippen LogP contribution in [0.5, 0.6) is 0 Å². The number of piperazine rings is 1. The summed E-state index contributed by atoms with van der Waals surface area (Å²) in [6, 6.07) is 10.8. The van der Waals surface area contributed by atoms with E-state index in [9.17, 15) is 17.6 Å². The minimum atomic E-state index is -3.72. The average Bonchev–Trinajstić information content (AvgIpc) is 2.75. The topological polar surface area (TPSA) is 82.6 Å². The van der Waals surface area contributed by atoms with E-state index in [-0.39, 0.29) is 35.5 Å². The molecule has 0 bridgehead atoms. The molecule has 0 atom stereocenters. The number of amides is 1. The molecule has 0 aliphatic carbocycles. The smallest absolute Gasteiger partial charge is 0.245 e. The van der Waals surface area contributed by atoms with Crippen LogP contribution in [0.1, 0.15) is 5.56 Å². The number of aryl methyl sites for hydroxylation is 1. The highest BCUT2D eigenvalue weighted by atomic mass is 35.5. The summed E-state index contributed by atoms with van der Waals surface area (Å²) >= 11 is 5.95. The predicted octanol–water partition coefficient (Wildman–Crippen LogP) is 3.28. The van der Waals surface area contributed by atoms with Gasteiger partial charge in [0.25, 0.3) is 0 Å². The van der Waals surface area contributed by atoms with Gasteiger partial charge in [0.15, 0.2) is 0 Å². The molecule has 1 amide bonds. The molecule has 2 aromatic carbocycles. The molecular weight excluding hydrogens is 455 g/mol. The first kappa shape index (κ1) is 22.6. The first-order valence-corrected chi connectivity index (χ1v) is 11.9. The van der Waals surface area contributed by atoms with Crippen LogP contribution in [0.4, 0.5) is 10.1 Å². The van der Waals surface area contributed by atoms with Crippen molar-refractivity contribution in [3.8, 4) is 0 Å². The lowest BCUT2D eigenvalue weighted by Crippen LogP contribution is -2.50. The zero-order valence-electron chi connectivity index (χ0n) is 17.4. The number of carbonyl (C=O) groups excluding carboxylic acids is 1. The van der Waals surface area contributed by atoms with Crippen molar-refractivity contribution in [2.24, 2.45) is 0 Å². The van der Waals surface area contributed by atoms with Crippen molar-refractivity contribution in [1.82, 2.24) is 14.2 Å². The standard InChI is InChI=1S/C22H22ClFN4O3S/c1-15-11-16-3-2-4-20(22(16)25-13-15)32(30,31)28-9-7-27(8-10-28)14-21(29)26-19-6-5-17(24)12-18(19)23/h2-6,11-13H,7-10,14H2,1H3,(H,26,29). The van der Waals surface area contributed by atoms with Gasteiger partial charge >= 0.3 is 0 Å². The van der Waals surface area contributed by atoms with Gasteiger partial charge in [-0.1, -0.05) is 23.7 Å². The molecule has 7 nitrogen and oxygen atoms in total. The second-order valence-corrected chi connectivity index (χ2v) is 10.0. The molecule has 2 heterocycles. The average molecular weight is 477 g/mol. The normalized spacial score (nSPS) is 15.7. The Morgan fingerprint density at radius 3 is 2.62 bits per heavy atom. The Balaban J connectivity index is 1.40. The van der Waals surface area contributed by atoms with E-state index in [2.05, 4.69) is 10.3 Å². The zero-order chi connectivity index (χ0) is 22.9. The number of sulfonamides is 1. The quantitative estimate of drug-likeness (QED) is 0.611. The molecule has 1 aliphatic heterocycles. The number of nitrogens with zero attached hydrogens (tertiary/aromatic N) is 3. The number of rotatable bonds is 5. The van der Waals surface area contributed by atoms with Crippen molar-refractivity contribution in [2.75, 3.05) is 38.0 Å². The molecule has 0 unspecified atom stereocenters. The van der Waals surface area contributed by atoms with Crippen LogP contribution in [0.2, 0.25) is 5.02 Å². The zero-order valence-corrected chi connectivity index (χ0v) is 19.0. The van der Waals surface area contributed by atoms with Crippen LogP contribution in [0.25, 0.3) is 10.9 Å². The van der Waals surface area contributed by atoms with Gasteiger partial charge in [0.2, 0.25) is 15.9 Å². The maximum Gasteiger partial charge on any atom is 0.245 e. The lowest BCUT2D eigenvalue weighted by Gasteiger charge is -2.33. The number of carbonyl (C=O) groups is 1. The van der Waals surface area contributed by atoms with Crippen molar-refractivity contribution in [2.45, 2.75) is 11.8 Å². The van der Waals surface area contributed by atoms with E-state index in [1.807, 2.05) is 24.0 Å². The van der Waals surface area contributed by atoms with E-state index in [4.69, 9.17) is 11.6 Å². The maximum absolute atomic E-state index is 13.3. The van der Waals surface area contributed by atoms with Crippen LogP contribution in [0.3, 0.4) is 0 Å². The van der Waals surface area contributed by atoms with Crippen LogP contribution >= 0.6 is 11.6 Å². The largest absolute Gasteiger partial charge is 0.324 e. The highest BCUT2D eigenvalue weighted by molar-refractivity contribution is 7.89. The summed E-state index contributed by atoms with van der Waals surface area (Å²) in [6.07, 6.45) is 1.66. The highest BCUT2D eigenvalue weighted by Crippen LogP contribution is 2.26. The van der Waals surface area contributed by atoms with Gasteiger partial charge < -0.3 is 5.32 Å². The number of anilines is 1. The second kappa shape index (κ2) is 9.11. The molecule has 168 valence electrons. The Morgan fingerprint density at radius 2 is 1.91 bits per heavy atom. The van der Waals surface area contributed by atoms with Gasteiger partial charge in [-0.15, -0.1) is 0 Å². The molecule has 1 aliphatic rings. The second-order valence-electron chi connectivity index (χ2n) is 7.69. The van der Waals surface area contributed by atoms with Crippen LogP contribution in [0, 0.1) is 12.7 Å². The Morgan fingerprint density at radius 1 is 1.16 bits per heavy atom. The van der Waals surface area contributed by atoms with E-state index in [1.54, 1.807) is 18.3 Å². The minimum Gasteiger partial charge on any atom is -0.324 e. The molecule has 3 aromatic rings. The molecule has 1 saturated heterocycles. The monoisotopic (exact) mass is 476 g/mol. The van der Waals surface area contributed by atoms with Gasteiger partial charge in [-0.05, 0) is 42.8 Å². The number of halogens is 2. The van der Waals surface area contributed by atoms with Crippen LogP contribution in [0.15, 0.2) is 53.6 Å². The summed E-state index contributed by atoms with van der Waals surface area (Å²) in [5.41, 5.74) is 1.75. The molecule has 32 heavy (non-hydrogen) atoms. The SMILES string of the molecule is Cc1cnc2c(S(=O)(=O)N3CCN(CC(=O)Nc4ccc(F)cc4Cl)CC3)cccc2c1. The first-order valence-electron chi connectivity index (χ1n) is 10.1. The minimum absolute atomic E-state index is 0.0801. The Labute approximate surface area is 190 Å². The summed E-state index contributed by atoms with van der Waals surface area (Å²) in [5.74, 6) is -0.787. The van der Waals surface area contributed by atoms with Gasteiger partial charge in [0, 0.05) is 37.8 Å². The molecule has 4 rings (SSSR count). The molecule has 0 saturated carbocycles. The highest BCUT2D eigenvalue weighted by Gasteiger charge is 2.30. The third kappa shape index (κ3) is 4.75. The fourth-order valence-electron chi connectivity index (χ4n) is 3.70. The van der Waals surface area contributed by atoms with Gasteiger partial charge in [-0.25, -0.2) is 12.8 Å². The molecule has 0 radical (unpaired) electrons. The van der Waals surface area contributed by atoms with E-state index in [0.717, 1.165) is 17.0 Å². The number of aromatic nitrogens is 1. The number of nitrogens with one attached hydrogen (secondary N) is 1. The third-order valence-electron chi connectivity index (χ3n) is 5.33. The van der Waals surface area contributed by atoms with Gasteiger partial charge in [-0.2, -0.15) is 4.31 Å². The lowest BCUT2D eigenvalue weighted by molar-refractivity contribution is -0.117. The molecule has 1 aromatic heterocycles. The number of benzene rings is 2. The molecular formula is C22H22ClFN4O3S. The summed E-state index contributed by atoms with van der Waals surface area (Å²) in [7, 11) is -3.72. The van der Waals surface area contributed by atoms with Crippen LogP contribution in [-0.4, -0.2) is 61.2 Å². The van der Waals surface area contributed by atoms with Gasteiger partial charge in [0.1, 0.15) is 10.7 Å². The maximum atomic E-state index is 13.3. The van der Waals surface area contributed by atoms with Gasteiger partial charge in [0.05, 0.1) is 22.8 Å². The number of hydrogen-bond donors (Lipinski definition) is 1. The summed E-state index contributed by atoms with van der Waals surface area (Å²) in [6.45, 7) is 3.32. The fraction of sp³-hybridized carbons (Fsp3) is 0.273. The van der Waals surface area contributed by atoms with Crippen molar-refractivity contribution >= 4 is 44.1 Å². The third-order valence-corrected chi connectivity index (χ3v) is 7.58. The Bertz CT molecular complexity index is 1280. The van der Waals surface area contributed by atoms with Crippen LogP contribution < -0.4 is 5.32 Å². The summed E-state index contributed by atoms with van der Waals surface area (Å²) < 4.78 is 41.1. The molecule has 0 spiro atoms. The van der Waals surface area contributed by atoms with Gasteiger partial charge in [-0.3, -0.25) is 14.7 Å². The number of fused-ring (bicyclic) bond motifs is 1. The van der Waals surface area contributed by atoms with Crippen molar-refractivity contribution in [3.63, 3.8) is 0 Å². The molecule has 1 N–H and O–H groups in total. The van der Waals surface area contributed by atoms with Crippen molar-refractivity contribution < 1.29 is 17.6 Å². The fourth-order valence-corrected chi connectivity index (χ4v) is 5.50. The lowest BCUT2D eigenvalue weighted by atomic mass is 10.2. The van der Waals surface area contributed by atoms with E-state index >= 15 is 0 Å². The van der Waals surface area contributed by atoms with Crippen molar-refractivity contribution in [3.05, 3.63) is 65.1 Å².